The molecule has 0 saturated carbocycles. The minimum absolute atomic E-state index is 0.0336. The molecule has 126 valence electrons. The molecule has 1 N–H and O–H groups in total. The van der Waals surface area contributed by atoms with E-state index < -0.39 is 11.9 Å². The number of ether oxygens (including phenoxy) is 1. The number of benzene rings is 1. The lowest BCUT2D eigenvalue weighted by Crippen LogP contribution is -2.47. The maximum absolute atomic E-state index is 12.4. The zero-order valence-corrected chi connectivity index (χ0v) is 14.0. The largest absolute Gasteiger partial charge is 0.493 e. The fourth-order valence-corrected chi connectivity index (χ4v) is 2.91. The van der Waals surface area contributed by atoms with Crippen molar-refractivity contribution in [2.24, 2.45) is 5.92 Å². The molecule has 5 nitrogen and oxygen atoms in total. The zero-order chi connectivity index (χ0) is 17.0. The van der Waals surface area contributed by atoms with E-state index in [1.165, 1.54) is 0 Å². The highest BCUT2D eigenvalue weighted by Crippen LogP contribution is 2.23. The van der Waals surface area contributed by atoms with Crippen LogP contribution >= 0.6 is 0 Å². The van der Waals surface area contributed by atoms with Crippen LogP contribution in [0.4, 0.5) is 0 Å². The van der Waals surface area contributed by atoms with Crippen LogP contribution in [0.5, 0.6) is 5.75 Å². The van der Waals surface area contributed by atoms with Crippen LogP contribution in [0.15, 0.2) is 18.2 Å². The molecule has 0 spiro atoms. The van der Waals surface area contributed by atoms with E-state index >= 15 is 0 Å². The van der Waals surface area contributed by atoms with Crippen molar-refractivity contribution in [3.63, 3.8) is 0 Å². The number of rotatable bonds is 5. The first kappa shape index (κ1) is 17.3. The smallest absolute Gasteiger partial charge is 0.308 e. The van der Waals surface area contributed by atoms with Crippen LogP contribution in [0.2, 0.25) is 0 Å². The van der Waals surface area contributed by atoms with E-state index in [2.05, 4.69) is 0 Å². The van der Waals surface area contributed by atoms with Gasteiger partial charge in [-0.2, -0.15) is 0 Å². The van der Waals surface area contributed by atoms with Crippen LogP contribution in [0.25, 0.3) is 0 Å². The highest BCUT2D eigenvalue weighted by atomic mass is 16.5. The Morgan fingerprint density at radius 3 is 2.74 bits per heavy atom. The SMILES string of the molecule is Cc1ccc(C)c(OCCC(=O)N2CC(C(=O)O)CCC2C)c1. The van der Waals surface area contributed by atoms with Crippen LogP contribution in [0.3, 0.4) is 0 Å². The Balaban J connectivity index is 1.88. The summed E-state index contributed by atoms with van der Waals surface area (Å²) in [6.45, 7) is 6.56. The molecule has 2 rings (SSSR count). The molecular weight excluding hydrogens is 294 g/mol. The molecule has 2 atom stereocenters. The van der Waals surface area contributed by atoms with E-state index in [0.717, 1.165) is 23.3 Å². The molecule has 0 aliphatic carbocycles. The zero-order valence-electron chi connectivity index (χ0n) is 14.0. The summed E-state index contributed by atoms with van der Waals surface area (Å²) < 4.78 is 5.72. The predicted octanol–water partition coefficient (Wildman–Crippen LogP) is 2.78. The lowest BCUT2D eigenvalue weighted by atomic mass is 9.93. The van der Waals surface area contributed by atoms with Gasteiger partial charge in [-0.3, -0.25) is 9.59 Å². The van der Waals surface area contributed by atoms with Crippen molar-refractivity contribution in [3.05, 3.63) is 29.3 Å². The second-order valence-electron chi connectivity index (χ2n) is 6.38. The van der Waals surface area contributed by atoms with Gasteiger partial charge in [0, 0.05) is 12.6 Å². The Kier molecular flexibility index (Phi) is 5.64. The summed E-state index contributed by atoms with van der Waals surface area (Å²) >= 11 is 0. The number of hydrogen-bond donors (Lipinski definition) is 1. The minimum Gasteiger partial charge on any atom is -0.493 e. The molecule has 1 heterocycles. The van der Waals surface area contributed by atoms with Gasteiger partial charge in [-0.15, -0.1) is 0 Å². The molecule has 1 aliphatic rings. The maximum Gasteiger partial charge on any atom is 0.308 e. The molecule has 0 radical (unpaired) electrons. The molecular formula is C18H25NO4. The summed E-state index contributed by atoms with van der Waals surface area (Å²) in [6, 6.07) is 6.08. The van der Waals surface area contributed by atoms with E-state index in [4.69, 9.17) is 9.84 Å². The Bertz CT molecular complexity index is 584. The Morgan fingerprint density at radius 1 is 1.30 bits per heavy atom. The van der Waals surface area contributed by atoms with Gasteiger partial charge in [0.1, 0.15) is 5.75 Å². The first-order chi connectivity index (χ1) is 10.9. The Labute approximate surface area is 137 Å². The number of aryl methyl sites for hydroxylation is 2. The molecule has 2 unspecified atom stereocenters. The van der Waals surface area contributed by atoms with Crippen molar-refractivity contribution in [1.82, 2.24) is 4.90 Å². The van der Waals surface area contributed by atoms with Gasteiger partial charge < -0.3 is 14.7 Å². The topological polar surface area (TPSA) is 66.8 Å². The standard InChI is InChI=1S/C18H25NO4/c1-12-4-5-13(2)16(10-12)23-9-8-17(20)19-11-15(18(21)22)7-6-14(19)3/h4-5,10,14-15H,6-9,11H2,1-3H3,(H,21,22). The molecule has 1 aromatic rings. The molecule has 0 aromatic heterocycles. The highest BCUT2D eigenvalue weighted by molar-refractivity contribution is 5.78. The van der Waals surface area contributed by atoms with Gasteiger partial charge in [0.25, 0.3) is 0 Å². The van der Waals surface area contributed by atoms with Crippen LogP contribution in [0, 0.1) is 19.8 Å². The molecule has 1 aliphatic heterocycles. The number of carbonyl (C=O) groups excluding carboxylic acids is 1. The number of carbonyl (C=O) groups is 2. The molecule has 1 fully saturated rings. The van der Waals surface area contributed by atoms with Crippen LogP contribution < -0.4 is 4.74 Å². The monoisotopic (exact) mass is 319 g/mol. The maximum atomic E-state index is 12.4. The summed E-state index contributed by atoms with van der Waals surface area (Å²) in [7, 11) is 0. The van der Waals surface area contributed by atoms with Crippen molar-refractivity contribution in [2.75, 3.05) is 13.2 Å². The number of aliphatic carboxylic acids is 1. The summed E-state index contributed by atoms with van der Waals surface area (Å²) in [5, 5.41) is 9.14. The van der Waals surface area contributed by atoms with Crippen molar-refractivity contribution in [3.8, 4) is 5.75 Å². The molecule has 0 bridgehead atoms. The van der Waals surface area contributed by atoms with Gasteiger partial charge in [0.05, 0.1) is 18.9 Å². The third-order valence-electron chi connectivity index (χ3n) is 4.47. The highest BCUT2D eigenvalue weighted by Gasteiger charge is 2.32. The van der Waals surface area contributed by atoms with Gasteiger partial charge in [0.15, 0.2) is 0 Å². The quantitative estimate of drug-likeness (QED) is 0.906. The summed E-state index contributed by atoms with van der Waals surface area (Å²) in [4.78, 5) is 25.2. The van der Waals surface area contributed by atoms with Gasteiger partial charge in [-0.05, 0) is 50.8 Å². The Morgan fingerprint density at radius 2 is 2.04 bits per heavy atom. The second-order valence-corrected chi connectivity index (χ2v) is 6.38. The predicted molar refractivity (Wildman–Crippen MR) is 87.6 cm³/mol. The van der Waals surface area contributed by atoms with Crippen LogP contribution in [-0.2, 0) is 9.59 Å². The van der Waals surface area contributed by atoms with E-state index in [1.807, 2.05) is 39.0 Å². The van der Waals surface area contributed by atoms with E-state index in [-0.39, 0.29) is 18.4 Å². The van der Waals surface area contributed by atoms with Crippen molar-refractivity contribution in [2.45, 2.75) is 46.1 Å². The fourth-order valence-electron chi connectivity index (χ4n) is 2.91. The Hall–Kier alpha value is -2.04. The number of carboxylic acids is 1. The minimum atomic E-state index is -0.818. The lowest BCUT2D eigenvalue weighted by Gasteiger charge is -2.36. The molecule has 1 amide bonds. The average molecular weight is 319 g/mol. The van der Waals surface area contributed by atoms with Gasteiger partial charge >= 0.3 is 5.97 Å². The molecule has 1 saturated heterocycles. The van der Waals surface area contributed by atoms with Crippen molar-refractivity contribution >= 4 is 11.9 Å². The van der Waals surface area contributed by atoms with Crippen molar-refractivity contribution < 1.29 is 19.4 Å². The lowest BCUT2D eigenvalue weighted by molar-refractivity contribution is -0.147. The number of likely N-dealkylation sites (tertiary alicyclic amines) is 1. The number of carboxylic acid groups (broad SMARTS) is 1. The van der Waals surface area contributed by atoms with E-state index in [9.17, 15) is 9.59 Å². The van der Waals surface area contributed by atoms with Gasteiger partial charge in [-0.25, -0.2) is 0 Å². The number of piperidine rings is 1. The summed E-state index contributed by atoms with van der Waals surface area (Å²) in [6.07, 6.45) is 1.64. The van der Waals surface area contributed by atoms with E-state index in [1.54, 1.807) is 4.90 Å². The molecule has 5 heteroatoms. The third kappa shape index (κ3) is 4.47. The number of hydrogen-bond acceptors (Lipinski definition) is 3. The first-order valence-corrected chi connectivity index (χ1v) is 8.11. The van der Waals surface area contributed by atoms with Crippen molar-refractivity contribution in [1.29, 1.82) is 0 Å². The average Bonchev–Trinajstić information content (AvgIpc) is 2.50. The fraction of sp³-hybridized carbons (Fsp3) is 0.556. The normalized spacial score (nSPS) is 21.1. The first-order valence-electron chi connectivity index (χ1n) is 8.11. The number of nitrogens with zero attached hydrogens (tertiary/aromatic N) is 1. The van der Waals surface area contributed by atoms with Crippen LogP contribution in [-0.4, -0.2) is 41.1 Å². The third-order valence-corrected chi connectivity index (χ3v) is 4.47. The molecule has 23 heavy (non-hydrogen) atoms. The van der Waals surface area contributed by atoms with Crippen LogP contribution in [0.1, 0.15) is 37.3 Å². The summed E-state index contributed by atoms with van der Waals surface area (Å²) in [5.74, 6) is -0.502. The molecule has 1 aromatic carbocycles. The second kappa shape index (κ2) is 7.49. The van der Waals surface area contributed by atoms with Gasteiger partial charge in [-0.1, -0.05) is 12.1 Å². The summed E-state index contributed by atoms with van der Waals surface area (Å²) in [5.41, 5.74) is 2.16. The number of amides is 1. The van der Waals surface area contributed by atoms with E-state index in [0.29, 0.717) is 19.6 Å². The van der Waals surface area contributed by atoms with Gasteiger partial charge in [0.2, 0.25) is 5.91 Å².